The van der Waals surface area contributed by atoms with Gasteiger partial charge in [-0.3, -0.25) is 14.5 Å². The van der Waals surface area contributed by atoms with Crippen LogP contribution in [0.25, 0.3) is 0 Å². The van der Waals surface area contributed by atoms with Gasteiger partial charge in [0.15, 0.2) is 6.61 Å². The second-order valence-corrected chi connectivity index (χ2v) is 6.02. The van der Waals surface area contributed by atoms with Gasteiger partial charge in [-0.05, 0) is 30.7 Å². The number of fused-ring (bicyclic) bond motifs is 1. The number of hydrogen-bond donors (Lipinski definition) is 1. The van der Waals surface area contributed by atoms with Crippen LogP contribution in [-0.2, 0) is 9.59 Å². The molecule has 1 heterocycles. The SMILES string of the molecule is CC(NC(=O)CN1C(=O)COc2ccc(Cl)cc21)c1ccccc1. The Balaban J connectivity index is 1.72. The molecule has 2 aromatic carbocycles. The zero-order valence-corrected chi connectivity index (χ0v) is 13.9. The lowest BCUT2D eigenvalue weighted by Gasteiger charge is -2.29. The summed E-state index contributed by atoms with van der Waals surface area (Å²) >= 11 is 6.00. The summed E-state index contributed by atoms with van der Waals surface area (Å²) in [6.45, 7) is 1.74. The number of rotatable bonds is 4. The first-order valence-corrected chi connectivity index (χ1v) is 7.99. The standard InChI is InChI=1S/C18H17ClN2O3/c1-12(13-5-3-2-4-6-13)20-17(22)10-21-15-9-14(19)7-8-16(15)24-11-18(21)23/h2-9,12H,10-11H2,1H3,(H,20,22). The van der Waals surface area contributed by atoms with Gasteiger partial charge in [0.2, 0.25) is 5.91 Å². The highest BCUT2D eigenvalue weighted by atomic mass is 35.5. The van der Waals surface area contributed by atoms with Gasteiger partial charge in [-0.1, -0.05) is 41.9 Å². The predicted octanol–water partition coefficient (Wildman–Crippen LogP) is 2.94. The maximum atomic E-state index is 12.4. The van der Waals surface area contributed by atoms with Crippen LogP contribution >= 0.6 is 11.6 Å². The Hall–Kier alpha value is -2.53. The molecular weight excluding hydrogens is 328 g/mol. The Morgan fingerprint density at radius 1 is 1.29 bits per heavy atom. The second kappa shape index (κ2) is 6.93. The lowest BCUT2D eigenvalue weighted by molar-refractivity contribution is -0.125. The molecule has 1 atom stereocenters. The number of amides is 2. The molecule has 2 amide bonds. The third-order valence-electron chi connectivity index (χ3n) is 3.84. The van der Waals surface area contributed by atoms with E-state index in [0.29, 0.717) is 16.5 Å². The lowest BCUT2D eigenvalue weighted by atomic mass is 10.1. The van der Waals surface area contributed by atoms with Crippen LogP contribution in [0.5, 0.6) is 5.75 Å². The molecule has 2 aromatic rings. The van der Waals surface area contributed by atoms with Crippen LogP contribution in [0.15, 0.2) is 48.5 Å². The minimum Gasteiger partial charge on any atom is -0.482 e. The van der Waals surface area contributed by atoms with Gasteiger partial charge in [0.25, 0.3) is 5.91 Å². The van der Waals surface area contributed by atoms with E-state index in [4.69, 9.17) is 16.3 Å². The number of nitrogens with one attached hydrogen (secondary N) is 1. The van der Waals surface area contributed by atoms with Crippen LogP contribution in [0, 0.1) is 0 Å². The van der Waals surface area contributed by atoms with Crippen molar-refractivity contribution in [2.75, 3.05) is 18.1 Å². The van der Waals surface area contributed by atoms with Gasteiger partial charge in [-0.25, -0.2) is 0 Å². The van der Waals surface area contributed by atoms with Crippen molar-refractivity contribution in [2.45, 2.75) is 13.0 Å². The highest BCUT2D eigenvalue weighted by Crippen LogP contribution is 2.34. The molecule has 0 saturated carbocycles. The Labute approximate surface area is 145 Å². The smallest absolute Gasteiger partial charge is 0.265 e. The average molecular weight is 345 g/mol. The summed E-state index contributed by atoms with van der Waals surface area (Å²) in [7, 11) is 0. The molecule has 24 heavy (non-hydrogen) atoms. The maximum absolute atomic E-state index is 12.4. The van der Waals surface area contributed by atoms with E-state index in [2.05, 4.69) is 5.32 Å². The molecule has 124 valence electrons. The van der Waals surface area contributed by atoms with Gasteiger partial charge in [0, 0.05) is 5.02 Å². The lowest BCUT2D eigenvalue weighted by Crippen LogP contribution is -2.45. The quantitative estimate of drug-likeness (QED) is 0.927. The van der Waals surface area contributed by atoms with Crippen molar-refractivity contribution >= 4 is 29.1 Å². The summed E-state index contributed by atoms with van der Waals surface area (Å²) in [5, 5.41) is 3.38. The Morgan fingerprint density at radius 2 is 2.04 bits per heavy atom. The number of hydrogen-bond acceptors (Lipinski definition) is 3. The molecular formula is C18H17ClN2O3. The summed E-state index contributed by atoms with van der Waals surface area (Å²) in [4.78, 5) is 25.9. The van der Waals surface area contributed by atoms with Crippen LogP contribution in [0.4, 0.5) is 5.69 Å². The van der Waals surface area contributed by atoms with Crippen LogP contribution in [0.3, 0.4) is 0 Å². The third-order valence-corrected chi connectivity index (χ3v) is 4.08. The number of ether oxygens (including phenoxy) is 1. The van der Waals surface area contributed by atoms with Crippen LogP contribution in [0.2, 0.25) is 5.02 Å². The molecule has 6 heteroatoms. The minimum atomic E-state index is -0.271. The predicted molar refractivity (Wildman–Crippen MR) is 92.3 cm³/mol. The van der Waals surface area contributed by atoms with E-state index in [-0.39, 0.29) is 31.0 Å². The van der Waals surface area contributed by atoms with E-state index in [1.807, 2.05) is 37.3 Å². The zero-order chi connectivity index (χ0) is 17.1. The van der Waals surface area contributed by atoms with Crippen LogP contribution in [-0.4, -0.2) is 25.0 Å². The second-order valence-electron chi connectivity index (χ2n) is 5.58. The molecule has 0 spiro atoms. The number of carbonyl (C=O) groups is 2. The maximum Gasteiger partial charge on any atom is 0.265 e. The van der Waals surface area contributed by atoms with E-state index in [0.717, 1.165) is 5.56 Å². The summed E-state index contributed by atoms with van der Waals surface area (Å²) in [6.07, 6.45) is 0. The van der Waals surface area contributed by atoms with E-state index in [1.54, 1.807) is 18.2 Å². The average Bonchev–Trinajstić information content (AvgIpc) is 2.58. The molecule has 1 unspecified atom stereocenters. The van der Waals surface area contributed by atoms with Gasteiger partial charge in [0.05, 0.1) is 11.7 Å². The minimum absolute atomic E-state index is 0.0767. The number of benzene rings is 2. The van der Waals surface area contributed by atoms with Crippen molar-refractivity contribution in [2.24, 2.45) is 0 Å². The van der Waals surface area contributed by atoms with Gasteiger partial charge in [0.1, 0.15) is 12.3 Å². The normalized spacial score (nSPS) is 14.6. The summed E-state index contributed by atoms with van der Waals surface area (Å²) in [6, 6.07) is 14.5. The summed E-state index contributed by atoms with van der Waals surface area (Å²) in [5.74, 6) is 0.0303. The molecule has 1 aliphatic heterocycles. The first-order chi connectivity index (χ1) is 11.5. The van der Waals surface area contributed by atoms with E-state index in [9.17, 15) is 9.59 Å². The molecule has 0 fully saturated rings. The fraction of sp³-hybridized carbons (Fsp3) is 0.222. The highest BCUT2D eigenvalue weighted by Gasteiger charge is 2.27. The van der Waals surface area contributed by atoms with Crippen molar-refractivity contribution in [3.05, 3.63) is 59.1 Å². The fourth-order valence-electron chi connectivity index (χ4n) is 2.60. The summed E-state index contributed by atoms with van der Waals surface area (Å²) in [5.41, 5.74) is 1.52. The molecule has 1 N–H and O–H groups in total. The van der Waals surface area contributed by atoms with E-state index in [1.165, 1.54) is 4.90 Å². The number of halogens is 1. The van der Waals surface area contributed by atoms with E-state index < -0.39 is 0 Å². The fourth-order valence-corrected chi connectivity index (χ4v) is 2.77. The van der Waals surface area contributed by atoms with Crippen molar-refractivity contribution in [3.63, 3.8) is 0 Å². The highest BCUT2D eigenvalue weighted by molar-refractivity contribution is 6.31. The first kappa shape index (κ1) is 16.3. The van der Waals surface area contributed by atoms with Gasteiger partial charge >= 0.3 is 0 Å². The molecule has 1 aliphatic rings. The molecule has 0 radical (unpaired) electrons. The number of nitrogens with zero attached hydrogens (tertiary/aromatic N) is 1. The Kier molecular flexibility index (Phi) is 4.71. The Morgan fingerprint density at radius 3 is 2.79 bits per heavy atom. The third kappa shape index (κ3) is 3.51. The number of carbonyl (C=O) groups excluding carboxylic acids is 2. The van der Waals surface area contributed by atoms with Crippen molar-refractivity contribution in [3.8, 4) is 5.75 Å². The monoisotopic (exact) mass is 344 g/mol. The molecule has 0 aliphatic carbocycles. The van der Waals surface area contributed by atoms with Crippen molar-refractivity contribution < 1.29 is 14.3 Å². The zero-order valence-electron chi connectivity index (χ0n) is 13.2. The Bertz CT molecular complexity index is 764. The molecule has 0 aromatic heterocycles. The molecule has 3 rings (SSSR count). The van der Waals surface area contributed by atoms with Crippen LogP contribution < -0.4 is 15.0 Å². The van der Waals surface area contributed by atoms with Gasteiger partial charge in [-0.2, -0.15) is 0 Å². The molecule has 0 saturated heterocycles. The van der Waals surface area contributed by atoms with Crippen LogP contribution in [0.1, 0.15) is 18.5 Å². The van der Waals surface area contributed by atoms with Crippen molar-refractivity contribution in [1.29, 1.82) is 0 Å². The molecule has 0 bridgehead atoms. The number of anilines is 1. The van der Waals surface area contributed by atoms with E-state index >= 15 is 0 Å². The topological polar surface area (TPSA) is 58.6 Å². The first-order valence-electron chi connectivity index (χ1n) is 7.61. The van der Waals surface area contributed by atoms with Gasteiger partial charge < -0.3 is 10.1 Å². The van der Waals surface area contributed by atoms with Crippen molar-refractivity contribution in [1.82, 2.24) is 5.32 Å². The summed E-state index contributed by atoms with van der Waals surface area (Å²) < 4.78 is 5.37. The molecule has 5 nitrogen and oxygen atoms in total. The largest absolute Gasteiger partial charge is 0.482 e. The van der Waals surface area contributed by atoms with Gasteiger partial charge in [-0.15, -0.1) is 0 Å².